The van der Waals surface area contributed by atoms with Crippen LogP contribution in [0.4, 0.5) is 0 Å². The van der Waals surface area contributed by atoms with Gasteiger partial charge in [0.25, 0.3) is 5.91 Å². The van der Waals surface area contributed by atoms with Gasteiger partial charge in [-0.05, 0) is 51.8 Å². The van der Waals surface area contributed by atoms with E-state index in [4.69, 9.17) is 9.15 Å². The summed E-state index contributed by atoms with van der Waals surface area (Å²) in [4.78, 5) is 28.9. The van der Waals surface area contributed by atoms with Crippen LogP contribution in [0.1, 0.15) is 15.9 Å². The lowest BCUT2D eigenvalue weighted by molar-refractivity contribution is 0.0628. The monoisotopic (exact) mass is 456 g/mol. The Bertz CT molecular complexity index is 1100. The molecule has 0 unspecified atom stereocenters. The van der Waals surface area contributed by atoms with Gasteiger partial charge >= 0.3 is 5.63 Å². The highest BCUT2D eigenvalue weighted by molar-refractivity contribution is 9.10. The zero-order valence-corrected chi connectivity index (χ0v) is 17.6. The first-order valence-corrected chi connectivity index (χ1v) is 10.2. The highest BCUT2D eigenvalue weighted by Gasteiger charge is 2.24. The molecule has 0 N–H and O–H groups in total. The Labute approximate surface area is 176 Å². The van der Waals surface area contributed by atoms with Gasteiger partial charge in [0.15, 0.2) is 0 Å². The predicted octanol–water partition coefficient (Wildman–Crippen LogP) is 3.52. The Morgan fingerprint density at radius 2 is 1.86 bits per heavy atom. The molecule has 0 radical (unpaired) electrons. The number of nitrogens with zero attached hydrogens (tertiary/aromatic N) is 2. The molecule has 3 aromatic rings. The van der Waals surface area contributed by atoms with Crippen LogP contribution in [0.15, 0.2) is 62.2 Å². The number of methoxy groups -OCH3 is 1. The molecule has 1 aliphatic heterocycles. The van der Waals surface area contributed by atoms with Crippen LogP contribution in [0.2, 0.25) is 0 Å². The van der Waals surface area contributed by atoms with E-state index in [9.17, 15) is 9.59 Å². The summed E-state index contributed by atoms with van der Waals surface area (Å²) in [5, 5.41) is 0.871. The molecular formula is C22H21BrN2O4. The van der Waals surface area contributed by atoms with Gasteiger partial charge in [-0.15, -0.1) is 0 Å². The molecule has 150 valence electrons. The SMILES string of the molecule is COc1ccc2oc(=O)cc(CN3CCN(C(=O)c4ccccc4Br)CC3)c2c1. The molecule has 0 saturated carbocycles. The van der Waals surface area contributed by atoms with Crippen molar-refractivity contribution < 1.29 is 13.9 Å². The number of ether oxygens (including phenoxy) is 1. The molecule has 0 spiro atoms. The lowest BCUT2D eigenvalue weighted by Crippen LogP contribution is -2.48. The first kappa shape index (κ1) is 19.7. The van der Waals surface area contributed by atoms with E-state index >= 15 is 0 Å². The number of fused-ring (bicyclic) bond motifs is 1. The van der Waals surface area contributed by atoms with Gasteiger partial charge in [0.05, 0.1) is 12.7 Å². The van der Waals surface area contributed by atoms with E-state index in [0.717, 1.165) is 34.3 Å². The van der Waals surface area contributed by atoms with Crippen molar-refractivity contribution in [1.82, 2.24) is 9.80 Å². The smallest absolute Gasteiger partial charge is 0.336 e. The minimum Gasteiger partial charge on any atom is -0.497 e. The predicted molar refractivity (Wildman–Crippen MR) is 114 cm³/mol. The molecule has 0 atom stereocenters. The zero-order valence-electron chi connectivity index (χ0n) is 16.1. The Morgan fingerprint density at radius 1 is 1.10 bits per heavy atom. The molecule has 29 heavy (non-hydrogen) atoms. The number of piperazine rings is 1. The largest absolute Gasteiger partial charge is 0.497 e. The summed E-state index contributed by atoms with van der Waals surface area (Å²) in [5.74, 6) is 0.754. The lowest BCUT2D eigenvalue weighted by Gasteiger charge is -2.35. The molecule has 4 rings (SSSR count). The number of halogens is 1. The normalized spacial score (nSPS) is 14.9. The first-order chi connectivity index (χ1) is 14.0. The second-order valence-electron chi connectivity index (χ2n) is 7.00. The number of amides is 1. The quantitative estimate of drug-likeness (QED) is 0.562. The van der Waals surface area contributed by atoms with E-state index in [1.807, 2.05) is 35.2 Å². The van der Waals surface area contributed by atoms with E-state index in [1.54, 1.807) is 25.3 Å². The van der Waals surface area contributed by atoms with Gasteiger partial charge in [-0.1, -0.05) is 12.1 Å². The molecule has 1 aromatic heterocycles. The fraction of sp³-hybridized carbons (Fsp3) is 0.273. The second-order valence-corrected chi connectivity index (χ2v) is 7.86. The molecule has 1 aliphatic rings. The molecule has 6 nitrogen and oxygen atoms in total. The van der Waals surface area contributed by atoms with Crippen molar-refractivity contribution in [2.45, 2.75) is 6.54 Å². The Kier molecular flexibility index (Phi) is 5.69. The van der Waals surface area contributed by atoms with Gasteiger partial charge in [-0.2, -0.15) is 0 Å². The summed E-state index contributed by atoms with van der Waals surface area (Å²) in [7, 11) is 1.61. The molecule has 1 amide bonds. The zero-order chi connectivity index (χ0) is 20.4. The maximum absolute atomic E-state index is 12.8. The van der Waals surface area contributed by atoms with Gasteiger partial charge in [0, 0.05) is 48.6 Å². The van der Waals surface area contributed by atoms with Crippen molar-refractivity contribution in [3.63, 3.8) is 0 Å². The van der Waals surface area contributed by atoms with Crippen LogP contribution in [0, 0.1) is 0 Å². The van der Waals surface area contributed by atoms with Crippen LogP contribution in [-0.4, -0.2) is 49.0 Å². The summed E-state index contributed by atoms with van der Waals surface area (Å²) in [6.45, 7) is 3.38. The fourth-order valence-electron chi connectivity index (χ4n) is 3.62. The van der Waals surface area contributed by atoms with E-state index in [-0.39, 0.29) is 11.5 Å². The summed E-state index contributed by atoms with van der Waals surface area (Å²) in [6, 6.07) is 14.4. The highest BCUT2D eigenvalue weighted by Crippen LogP contribution is 2.24. The molecule has 0 aliphatic carbocycles. The maximum Gasteiger partial charge on any atom is 0.336 e. The molecule has 1 saturated heterocycles. The number of hydrogen-bond donors (Lipinski definition) is 0. The number of rotatable bonds is 4. The third kappa shape index (κ3) is 4.21. The fourth-order valence-corrected chi connectivity index (χ4v) is 4.07. The van der Waals surface area contributed by atoms with Crippen LogP contribution in [0.3, 0.4) is 0 Å². The third-order valence-corrected chi connectivity index (χ3v) is 5.88. The summed E-state index contributed by atoms with van der Waals surface area (Å²) < 4.78 is 11.4. The van der Waals surface area contributed by atoms with Crippen molar-refractivity contribution in [1.29, 1.82) is 0 Å². The lowest BCUT2D eigenvalue weighted by atomic mass is 10.1. The molecular weight excluding hydrogens is 436 g/mol. The molecule has 7 heteroatoms. The standard InChI is InChI=1S/C22H21BrN2O4/c1-28-16-6-7-20-18(13-16)15(12-21(26)29-20)14-24-8-10-25(11-9-24)22(27)17-4-2-3-5-19(17)23/h2-7,12-13H,8-11,14H2,1H3. The number of hydrogen-bond acceptors (Lipinski definition) is 5. The van der Waals surface area contributed by atoms with Crippen LogP contribution in [-0.2, 0) is 6.54 Å². The molecule has 1 fully saturated rings. The van der Waals surface area contributed by atoms with Gasteiger partial charge < -0.3 is 14.1 Å². The van der Waals surface area contributed by atoms with Crippen LogP contribution >= 0.6 is 15.9 Å². The van der Waals surface area contributed by atoms with Crippen molar-refractivity contribution in [3.8, 4) is 5.75 Å². The maximum atomic E-state index is 12.8. The van der Waals surface area contributed by atoms with Crippen LogP contribution in [0.25, 0.3) is 11.0 Å². The van der Waals surface area contributed by atoms with Crippen molar-refractivity contribution >= 4 is 32.8 Å². The Balaban J connectivity index is 1.48. The second kappa shape index (κ2) is 8.39. The van der Waals surface area contributed by atoms with Crippen LogP contribution < -0.4 is 10.4 Å². The summed E-state index contributed by atoms with van der Waals surface area (Å²) in [5.41, 5.74) is 1.77. The van der Waals surface area contributed by atoms with Gasteiger partial charge in [0.2, 0.25) is 0 Å². The van der Waals surface area contributed by atoms with Crippen molar-refractivity contribution in [2.75, 3.05) is 33.3 Å². The summed E-state index contributed by atoms with van der Waals surface area (Å²) in [6.07, 6.45) is 0. The van der Waals surface area contributed by atoms with Crippen molar-refractivity contribution in [2.24, 2.45) is 0 Å². The number of carbonyl (C=O) groups is 1. The van der Waals surface area contributed by atoms with E-state index in [0.29, 0.717) is 30.8 Å². The van der Waals surface area contributed by atoms with Gasteiger partial charge in [0.1, 0.15) is 11.3 Å². The first-order valence-electron chi connectivity index (χ1n) is 9.42. The minimum atomic E-state index is -0.361. The van der Waals surface area contributed by atoms with Crippen molar-refractivity contribution in [3.05, 3.63) is 74.6 Å². The minimum absolute atomic E-state index is 0.0349. The van der Waals surface area contributed by atoms with Crippen LogP contribution in [0.5, 0.6) is 5.75 Å². The third-order valence-electron chi connectivity index (χ3n) is 5.19. The molecule has 2 aromatic carbocycles. The Morgan fingerprint density at radius 3 is 2.59 bits per heavy atom. The average Bonchev–Trinajstić information content (AvgIpc) is 2.74. The van der Waals surface area contributed by atoms with E-state index in [1.165, 1.54) is 0 Å². The number of carbonyl (C=O) groups excluding carboxylic acids is 1. The van der Waals surface area contributed by atoms with Gasteiger partial charge in [-0.3, -0.25) is 9.69 Å². The number of benzene rings is 2. The molecule has 0 bridgehead atoms. The van der Waals surface area contributed by atoms with E-state index < -0.39 is 0 Å². The summed E-state index contributed by atoms with van der Waals surface area (Å²) >= 11 is 3.45. The highest BCUT2D eigenvalue weighted by atomic mass is 79.9. The average molecular weight is 457 g/mol. The molecule has 2 heterocycles. The topological polar surface area (TPSA) is 63.0 Å². The van der Waals surface area contributed by atoms with Gasteiger partial charge in [-0.25, -0.2) is 4.79 Å². The Hall–Kier alpha value is -2.64. The van der Waals surface area contributed by atoms with E-state index in [2.05, 4.69) is 20.8 Å².